The topological polar surface area (TPSA) is 67.2 Å². The molecule has 1 aromatic rings. The summed E-state index contributed by atoms with van der Waals surface area (Å²) in [7, 11) is 0. The van der Waals surface area contributed by atoms with Crippen LogP contribution in [0.4, 0.5) is 5.82 Å². The Kier molecular flexibility index (Phi) is 4.75. The second-order valence-corrected chi connectivity index (χ2v) is 4.94. The normalized spacial score (nSPS) is 17.4. The molecular formula is C13H21N3O2. The lowest BCUT2D eigenvalue weighted by atomic mass is 10.1. The van der Waals surface area contributed by atoms with Crippen molar-refractivity contribution in [1.29, 1.82) is 0 Å². The van der Waals surface area contributed by atoms with Crippen LogP contribution < -0.4 is 10.6 Å². The molecule has 1 aliphatic rings. The molecular weight excluding hydrogens is 230 g/mol. The van der Waals surface area contributed by atoms with Gasteiger partial charge in [-0.2, -0.15) is 0 Å². The predicted molar refractivity (Wildman–Crippen MR) is 69.4 cm³/mol. The first kappa shape index (κ1) is 13.1. The van der Waals surface area contributed by atoms with Gasteiger partial charge in [0.1, 0.15) is 5.76 Å². The number of nitrogens with one attached hydrogen (secondary N) is 2. The maximum Gasteiger partial charge on any atom is 0.239 e. The third-order valence-corrected chi connectivity index (χ3v) is 3.30. The number of nitrogens with zero attached hydrogens (tertiary/aromatic N) is 1. The largest absolute Gasteiger partial charge is 0.360 e. The van der Waals surface area contributed by atoms with Crippen LogP contribution in [0.3, 0.4) is 0 Å². The van der Waals surface area contributed by atoms with Gasteiger partial charge in [-0.05, 0) is 19.8 Å². The van der Waals surface area contributed by atoms with Crippen molar-refractivity contribution in [2.24, 2.45) is 0 Å². The third-order valence-electron chi connectivity index (χ3n) is 3.30. The Morgan fingerprint density at radius 3 is 2.72 bits per heavy atom. The van der Waals surface area contributed by atoms with Crippen LogP contribution in [0.15, 0.2) is 10.6 Å². The molecule has 100 valence electrons. The molecule has 1 fully saturated rings. The summed E-state index contributed by atoms with van der Waals surface area (Å²) in [5.74, 6) is 1.12. The lowest BCUT2D eigenvalue weighted by Crippen LogP contribution is -2.35. The van der Waals surface area contributed by atoms with Gasteiger partial charge < -0.3 is 15.2 Å². The fourth-order valence-electron chi connectivity index (χ4n) is 2.33. The quantitative estimate of drug-likeness (QED) is 0.805. The minimum absolute atomic E-state index is 0.0625. The highest BCUT2D eigenvalue weighted by molar-refractivity contribution is 5.91. The summed E-state index contributed by atoms with van der Waals surface area (Å²) in [6.45, 7) is 2.14. The summed E-state index contributed by atoms with van der Waals surface area (Å²) in [5, 5.41) is 9.76. The van der Waals surface area contributed by atoms with Gasteiger partial charge in [0, 0.05) is 12.1 Å². The smallest absolute Gasteiger partial charge is 0.239 e. The van der Waals surface area contributed by atoms with Crippen molar-refractivity contribution in [3.8, 4) is 0 Å². The van der Waals surface area contributed by atoms with Gasteiger partial charge in [-0.25, -0.2) is 0 Å². The number of hydrogen-bond acceptors (Lipinski definition) is 4. The summed E-state index contributed by atoms with van der Waals surface area (Å²) in [6.07, 6.45) is 7.53. The standard InChI is InChI=1S/C13H21N3O2/c1-10-8-12(16-18-10)15-13(17)9-14-11-6-4-2-3-5-7-11/h8,11,14H,2-7,9H2,1H3,(H,15,16,17). The fraction of sp³-hybridized carbons (Fsp3) is 0.692. The van der Waals surface area contributed by atoms with Gasteiger partial charge in [0.15, 0.2) is 5.82 Å². The van der Waals surface area contributed by atoms with Crippen molar-refractivity contribution in [1.82, 2.24) is 10.5 Å². The van der Waals surface area contributed by atoms with Crippen molar-refractivity contribution < 1.29 is 9.32 Å². The zero-order chi connectivity index (χ0) is 12.8. The number of anilines is 1. The van der Waals surface area contributed by atoms with E-state index in [1.165, 1.54) is 38.5 Å². The second kappa shape index (κ2) is 6.54. The lowest BCUT2D eigenvalue weighted by Gasteiger charge is -2.15. The van der Waals surface area contributed by atoms with E-state index >= 15 is 0 Å². The van der Waals surface area contributed by atoms with Crippen LogP contribution in [-0.4, -0.2) is 23.7 Å². The number of rotatable bonds is 4. The number of amides is 1. The SMILES string of the molecule is Cc1cc(NC(=O)CNC2CCCCCC2)no1. The van der Waals surface area contributed by atoms with Gasteiger partial charge in [-0.1, -0.05) is 30.8 Å². The van der Waals surface area contributed by atoms with Gasteiger partial charge in [0.2, 0.25) is 5.91 Å². The Morgan fingerprint density at radius 1 is 1.39 bits per heavy atom. The van der Waals surface area contributed by atoms with Gasteiger partial charge in [0.05, 0.1) is 6.54 Å². The maximum atomic E-state index is 11.7. The van der Waals surface area contributed by atoms with Crippen LogP contribution in [0.5, 0.6) is 0 Å². The van der Waals surface area contributed by atoms with E-state index in [2.05, 4.69) is 15.8 Å². The summed E-state index contributed by atoms with van der Waals surface area (Å²) in [6, 6.07) is 2.20. The van der Waals surface area contributed by atoms with Crippen LogP contribution in [0.2, 0.25) is 0 Å². The van der Waals surface area contributed by atoms with E-state index in [0.29, 0.717) is 24.2 Å². The number of carbonyl (C=O) groups is 1. The highest BCUT2D eigenvalue weighted by Gasteiger charge is 2.13. The zero-order valence-electron chi connectivity index (χ0n) is 10.9. The molecule has 0 saturated heterocycles. The lowest BCUT2D eigenvalue weighted by molar-refractivity contribution is -0.115. The van der Waals surface area contributed by atoms with Crippen molar-refractivity contribution in [3.05, 3.63) is 11.8 Å². The summed E-state index contributed by atoms with van der Waals surface area (Å²) in [4.78, 5) is 11.7. The molecule has 1 saturated carbocycles. The first-order valence-corrected chi connectivity index (χ1v) is 6.70. The molecule has 0 radical (unpaired) electrons. The first-order valence-electron chi connectivity index (χ1n) is 6.70. The van der Waals surface area contributed by atoms with Crippen LogP contribution in [0.1, 0.15) is 44.3 Å². The van der Waals surface area contributed by atoms with E-state index in [1.807, 2.05) is 0 Å². The Balaban J connectivity index is 1.70. The molecule has 0 atom stereocenters. The van der Waals surface area contributed by atoms with E-state index in [9.17, 15) is 4.79 Å². The van der Waals surface area contributed by atoms with Gasteiger partial charge >= 0.3 is 0 Å². The zero-order valence-corrected chi connectivity index (χ0v) is 10.9. The van der Waals surface area contributed by atoms with E-state index in [0.717, 1.165) is 0 Å². The summed E-state index contributed by atoms with van der Waals surface area (Å²) >= 11 is 0. The molecule has 2 N–H and O–H groups in total. The Hall–Kier alpha value is -1.36. The Bertz CT molecular complexity index is 381. The minimum Gasteiger partial charge on any atom is -0.360 e. The van der Waals surface area contributed by atoms with Crippen LogP contribution in [0.25, 0.3) is 0 Å². The first-order chi connectivity index (χ1) is 8.74. The monoisotopic (exact) mass is 251 g/mol. The highest BCUT2D eigenvalue weighted by Crippen LogP contribution is 2.17. The van der Waals surface area contributed by atoms with Crippen LogP contribution >= 0.6 is 0 Å². The van der Waals surface area contributed by atoms with E-state index in [4.69, 9.17) is 4.52 Å². The highest BCUT2D eigenvalue weighted by atomic mass is 16.5. The van der Waals surface area contributed by atoms with Crippen LogP contribution in [0, 0.1) is 6.92 Å². The van der Waals surface area contributed by atoms with Gasteiger partial charge in [0.25, 0.3) is 0 Å². The van der Waals surface area contributed by atoms with E-state index in [1.54, 1.807) is 13.0 Å². The van der Waals surface area contributed by atoms with Crippen molar-refractivity contribution >= 4 is 11.7 Å². The van der Waals surface area contributed by atoms with Gasteiger partial charge in [-0.3, -0.25) is 4.79 Å². The second-order valence-electron chi connectivity index (χ2n) is 4.94. The van der Waals surface area contributed by atoms with Crippen LogP contribution in [-0.2, 0) is 4.79 Å². The number of aryl methyl sites for hydroxylation is 1. The maximum absolute atomic E-state index is 11.7. The van der Waals surface area contributed by atoms with Gasteiger partial charge in [-0.15, -0.1) is 0 Å². The number of hydrogen-bond donors (Lipinski definition) is 2. The minimum atomic E-state index is -0.0625. The van der Waals surface area contributed by atoms with Crippen molar-refractivity contribution in [2.75, 3.05) is 11.9 Å². The van der Waals surface area contributed by atoms with Crippen molar-refractivity contribution in [2.45, 2.75) is 51.5 Å². The van der Waals surface area contributed by atoms with Crippen molar-refractivity contribution in [3.63, 3.8) is 0 Å². The molecule has 1 heterocycles. The number of aromatic nitrogens is 1. The molecule has 1 aliphatic carbocycles. The molecule has 5 heteroatoms. The molecule has 0 unspecified atom stereocenters. The average Bonchev–Trinajstić information content (AvgIpc) is 2.62. The molecule has 1 amide bonds. The Labute approximate surface area is 107 Å². The molecule has 0 aromatic carbocycles. The fourth-order valence-corrected chi connectivity index (χ4v) is 2.33. The molecule has 5 nitrogen and oxygen atoms in total. The molecule has 0 spiro atoms. The average molecular weight is 251 g/mol. The third kappa shape index (κ3) is 4.14. The predicted octanol–water partition coefficient (Wildman–Crippen LogP) is 2.23. The Morgan fingerprint density at radius 2 is 2.11 bits per heavy atom. The number of carbonyl (C=O) groups excluding carboxylic acids is 1. The molecule has 1 aromatic heterocycles. The summed E-state index contributed by atoms with van der Waals surface area (Å²) < 4.78 is 4.89. The molecule has 0 aliphatic heterocycles. The van der Waals surface area contributed by atoms with E-state index < -0.39 is 0 Å². The summed E-state index contributed by atoms with van der Waals surface area (Å²) in [5.41, 5.74) is 0. The van der Waals surface area contributed by atoms with E-state index in [-0.39, 0.29) is 5.91 Å². The molecule has 18 heavy (non-hydrogen) atoms. The molecule has 2 rings (SSSR count). The molecule has 0 bridgehead atoms.